The highest BCUT2D eigenvalue weighted by Gasteiger charge is 2.28. The fourth-order valence-corrected chi connectivity index (χ4v) is 3.60. The summed E-state index contributed by atoms with van der Waals surface area (Å²) in [5.41, 5.74) is 0. The highest BCUT2D eigenvalue weighted by atomic mass is 16.5. The summed E-state index contributed by atoms with van der Waals surface area (Å²) in [6.45, 7) is 3.19. The lowest BCUT2D eigenvalue weighted by molar-refractivity contribution is -0.145. The van der Waals surface area contributed by atoms with Crippen molar-refractivity contribution in [2.24, 2.45) is 0 Å². The van der Waals surface area contributed by atoms with Gasteiger partial charge in [0.05, 0.1) is 6.10 Å². The summed E-state index contributed by atoms with van der Waals surface area (Å²) in [5, 5.41) is 8.98. The predicted octanol–water partition coefficient (Wildman–Crippen LogP) is 1.26. The third-order valence-electron chi connectivity index (χ3n) is 4.91. The van der Waals surface area contributed by atoms with Gasteiger partial charge in [0.2, 0.25) is 11.8 Å². The molecule has 0 bridgehead atoms. The average Bonchev–Trinajstić information content (AvgIpc) is 2.93. The molecule has 136 valence electrons. The van der Waals surface area contributed by atoms with E-state index in [2.05, 4.69) is 0 Å². The fraction of sp³-hybridized carbons (Fsp3) is 0.824. The van der Waals surface area contributed by atoms with Gasteiger partial charge in [0.25, 0.3) is 0 Å². The van der Waals surface area contributed by atoms with Gasteiger partial charge in [-0.3, -0.25) is 14.4 Å². The smallest absolute Gasteiger partial charge is 0.323 e. The summed E-state index contributed by atoms with van der Waals surface area (Å²) >= 11 is 0. The molecule has 2 fully saturated rings. The number of hydrogen-bond acceptors (Lipinski definition) is 4. The SMILES string of the molecule is CC(=O)N(CC(=O)O)C1CCCN(C(=O)CCC2CCCO2)CC1. The van der Waals surface area contributed by atoms with Gasteiger partial charge in [-0.05, 0) is 38.5 Å². The third-order valence-corrected chi connectivity index (χ3v) is 4.91. The number of rotatable bonds is 6. The van der Waals surface area contributed by atoms with Crippen molar-refractivity contribution >= 4 is 17.8 Å². The van der Waals surface area contributed by atoms with Crippen molar-refractivity contribution in [3.63, 3.8) is 0 Å². The molecule has 0 radical (unpaired) electrons. The summed E-state index contributed by atoms with van der Waals surface area (Å²) in [5.74, 6) is -1.08. The first-order chi connectivity index (χ1) is 11.5. The quantitative estimate of drug-likeness (QED) is 0.786. The molecule has 0 aromatic heterocycles. The number of carbonyl (C=O) groups excluding carboxylic acids is 2. The van der Waals surface area contributed by atoms with Crippen LogP contribution in [0.2, 0.25) is 0 Å². The van der Waals surface area contributed by atoms with Crippen molar-refractivity contribution < 1.29 is 24.2 Å². The molecule has 2 heterocycles. The maximum atomic E-state index is 12.4. The van der Waals surface area contributed by atoms with E-state index < -0.39 is 5.97 Å². The van der Waals surface area contributed by atoms with Crippen molar-refractivity contribution in [1.29, 1.82) is 0 Å². The largest absolute Gasteiger partial charge is 0.480 e. The number of carboxylic acid groups (broad SMARTS) is 1. The fourth-order valence-electron chi connectivity index (χ4n) is 3.60. The Kier molecular flexibility index (Phi) is 7.02. The topological polar surface area (TPSA) is 87.2 Å². The van der Waals surface area contributed by atoms with E-state index >= 15 is 0 Å². The molecular formula is C17H28N2O5. The van der Waals surface area contributed by atoms with Gasteiger partial charge in [-0.2, -0.15) is 0 Å². The lowest BCUT2D eigenvalue weighted by Gasteiger charge is -2.29. The third kappa shape index (κ3) is 5.47. The number of nitrogens with zero attached hydrogens (tertiary/aromatic N) is 2. The van der Waals surface area contributed by atoms with Crippen LogP contribution in [0.1, 0.15) is 51.9 Å². The van der Waals surface area contributed by atoms with E-state index in [4.69, 9.17) is 9.84 Å². The van der Waals surface area contributed by atoms with E-state index in [1.165, 1.54) is 11.8 Å². The van der Waals surface area contributed by atoms with E-state index in [-0.39, 0.29) is 30.5 Å². The maximum Gasteiger partial charge on any atom is 0.323 e. The molecule has 2 rings (SSSR count). The van der Waals surface area contributed by atoms with Crippen LogP contribution in [-0.2, 0) is 19.1 Å². The number of ether oxygens (including phenoxy) is 1. The van der Waals surface area contributed by atoms with Gasteiger partial charge in [0.15, 0.2) is 0 Å². The molecule has 0 aromatic rings. The van der Waals surface area contributed by atoms with Gasteiger partial charge in [0, 0.05) is 39.1 Å². The van der Waals surface area contributed by atoms with Gasteiger partial charge in [0.1, 0.15) is 6.54 Å². The van der Waals surface area contributed by atoms with Crippen LogP contribution in [0.25, 0.3) is 0 Å². The summed E-state index contributed by atoms with van der Waals surface area (Å²) < 4.78 is 5.56. The second kappa shape index (κ2) is 9.01. The predicted molar refractivity (Wildman–Crippen MR) is 87.4 cm³/mol. The normalized spacial score (nSPS) is 24.5. The van der Waals surface area contributed by atoms with Crippen LogP contribution in [-0.4, -0.2) is 71.1 Å². The molecule has 2 amide bonds. The molecule has 0 aromatic carbocycles. The maximum absolute atomic E-state index is 12.4. The first kappa shape index (κ1) is 18.7. The molecule has 7 heteroatoms. The van der Waals surface area contributed by atoms with Crippen LogP contribution >= 0.6 is 0 Å². The zero-order valence-electron chi connectivity index (χ0n) is 14.4. The standard InChI is InChI=1S/C17H28N2O5/c1-13(20)19(12-17(22)23)14-4-2-9-18(10-8-14)16(21)7-6-15-5-3-11-24-15/h14-15H,2-12H2,1H3,(H,22,23). The average molecular weight is 340 g/mol. The van der Waals surface area contributed by atoms with E-state index in [1.54, 1.807) is 0 Å². The molecule has 0 aliphatic carbocycles. The van der Waals surface area contributed by atoms with Crippen LogP contribution in [0.5, 0.6) is 0 Å². The molecule has 2 aliphatic rings. The summed E-state index contributed by atoms with van der Waals surface area (Å²) in [6, 6.07) is -0.102. The second-order valence-electron chi connectivity index (χ2n) is 6.68. The van der Waals surface area contributed by atoms with Crippen molar-refractivity contribution in [3.8, 4) is 0 Å². The molecule has 0 saturated carbocycles. The Morgan fingerprint density at radius 2 is 1.96 bits per heavy atom. The second-order valence-corrected chi connectivity index (χ2v) is 6.68. The molecule has 0 spiro atoms. The number of likely N-dealkylation sites (tertiary alicyclic amines) is 1. The number of carboxylic acids is 1. The molecule has 2 saturated heterocycles. The van der Waals surface area contributed by atoms with Crippen LogP contribution in [0.15, 0.2) is 0 Å². The zero-order chi connectivity index (χ0) is 17.5. The van der Waals surface area contributed by atoms with Gasteiger partial charge in [-0.25, -0.2) is 0 Å². The molecule has 1 N–H and O–H groups in total. The molecule has 2 aliphatic heterocycles. The minimum absolute atomic E-state index is 0.102. The summed E-state index contributed by atoms with van der Waals surface area (Å²) in [6.07, 6.45) is 5.78. The monoisotopic (exact) mass is 340 g/mol. The Hall–Kier alpha value is -1.63. The number of carbonyl (C=O) groups is 3. The Bertz CT molecular complexity index is 462. The van der Waals surface area contributed by atoms with Crippen molar-refractivity contribution in [2.45, 2.75) is 64.0 Å². The Morgan fingerprint density at radius 3 is 2.58 bits per heavy atom. The van der Waals surface area contributed by atoms with E-state index in [0.717, 1.165) is 38.7 Å². The van der Waals surface area contributed by atoms with Gasteiger partial charge in [-0.1, -0.05) is 0 Å². The number of aliphatic carboxylic acids is 1. The lowest BCUT2D eigenvalue weighted by atomic mass is 10.1. The molecule has 2 unspecified atom stereocenters. The van der Waals surface area contributed by atoms with Crippen LogP contribution in [0, 0.1) is 0 Å². The van der Waals surface area contributed by atoms with E-state index in [0.29, 0.717) is 25.9 Å². The van der Waals surface area contributed by atoms with Crippen LogP contribution in [0.4, 0.5) is 0 Å². The van der Waals surface area contributed by atoms with Crippen LogP contribution in [0.3, 0.4) is 0 Å². The molecular weight excluding hydrogens is 312 g/mol. The van der Waals surface area contributed by atoms with E-state index in [9.17, 15) is 14.4 Å². The Labute approximate surface area is 142 Å². The minimum Gasteiger partial charge on any atom is -0.480 e. The molecule has 7 nitrogen and oxygen atoms in total. The first-order valence-corrected chi connectivity index (χ1v) is 8.85. The van der Waals surface area contributed by atoms with Gasteiger partial charge < -0.3 is 19.6 Å². The highest BCUT2D eigenvalue weighted by molar-refractivity contribution is 5.80. The number of hydrogen-bond donors (Lipinski definition) is 1. The van der Waals surface area contributed by atoms with Crippen molar-refractivity contribution in [2.75, 3.05) is 26.2 Å². The lowest BCUT2D eigenvalue weighted by Crippen LogP contribution is -2.43. The Balaban J connectivity index is 1.83. The van der Waals surface area contributed by atoms with Gasteiger partial charge >= 0.3 is 5.97 Å². The van der Waals surface area contributed by atoms with Crippen molar-refractivity contribution in [3.05, 3.63) is 0 Å². The van der Waals surface area contributed by atoms with E-state index in [1.807, 2.05) is 4.90 Å². The highest BCUT2D eigenvalue weighted by Crippen LogP contribution is 2.20. The zero-order valence-corrected chi connectivity index (χ0v) is 14.4. The summed E-state index contributed by atoms with van der Waals surface area (Å²) in [4.78, 5) is 38.3. The minimum atomic E-state index is -1.00. The number of amides is 2. The molecule has 24 heavy (non-hydrogen) atoms. The Morgan fingerprint density at radius 1 is 1.17 bits per heavy atom. The van der Waals surface area contributed by atoms with Crippen LogP contribution < -0.4 is 0 Å². The van der Waals surface area contributed by atoms with Crippen molar-refractivity contribution in [1.82, 2.24) is 9.80 Å². The summed E-state index contributed by atoms with van der Waals surface area (Å²) in [7, 11) is 0. The first-order valence-electron chi connectivity index (χ1n) is 8.85. The molecule has 2 atom stereocenters. The van der Waals surface area contributed by atoms with Gasteiger partial charge in [-0.15, -0.1) is 0 Å².